The molecule has 2 aromatic carbocycles. The van der Waals surface area contributed by atoms with Gasteiger partial charge in [0, 0.05) is 13.1 Å². The van der Waals surface area contributed by atoms with Gasteiger partial charge in [-0.15, -0.1) is 0 Å². The minimum Gasteiger partial charge on any atom is -0.493 e. The predicted molar refractivity (Wildman–Crippen MR) is 94.5 cm³/mol. The summed E-state index contributed by atoms with van der Waals surface area (Å²) in [5.41, 5.74) is 1.88. The van der Waals surface area contributed by atoms with E-state index in [2.05, 4.69) is 20.8 Å². The van der Waals surface area contributed by atoms with Gasteiger partial charge in [0.15, 0.2) is 11.5 Å². The average Bonchev–Trinajstić information content (AvgIpc) is 3.13. The molecule has 7 nitrogen and oxygen atoms in total. The van der Waals surface area contributed by atoms with Gasteiger partial charge in [-0.2, -0.15) is 0 Å². The lowest BCUT2D eigenvalue weighted by atomic mass is 10.2. The van der Waals surface area contributed by atoms with E-state index < -0.39 is 0 Å². The maximum absolute atomic E-state index is 13.0. The first-order valence-corrected chi connectivity index (χ1v) is 8.23. The Kier molecular flexibility index (Phi) is 5.62. The molecule has 3 aromatic rings. The number of rotatable bonds is 8. The summed E-state index contributed by atoms with van der Waals surface area (Å²) < 4.78 is 25.8. The van der Waals surface area contributed by atoms with Gasteiger partial charge in [0.05, 0.1) is 7.11 Å². The smallest absolute Gasteiger partial charge is 0.243 e. The molecule has 8 heteroatoms. The largest absolute Gasteiger partial charge is 0.493 e. The van der Waals surface area contributed by atoms with Crippen molar-refractivity contribution in [3.05, 3.63) is 59.4 Å². The number of anilines is 1. The molecule has 3 rings (SSSR count). The van der Waals surface area contributed by atoms with Crippen LogP contribution in [0, 0.1) is 5.82 Å². The zero-order valence-corrected chi connectivity index (χ0v) is 14.6. The first kappa shape index (κ1) is 17.7. The molecule has 1 heterocycles. The molecule has 1 aromatic heterocycles. The van der Waals surface area contributed by atoms with Crippen molar-refractivity contribution in [3.8, 4) is 11.5 Å². The van der Waals surface area contributed by atoms with E-state index in [4.69, 9.17) is 9.47 Å². The standard InChI is InChI=1S/C18H20FN5O2/c1-3-24-18(21-22-23-24)20-11-14-6-9-16(17(10-14)25-2)26-12-13-4-7-15(19)8-5-13/h4-10H,3,11-12H2,1-2H3,(H,20,21,23). The molecule has 136 valence electrons. The summed E-state index contributed by atoms with van der Waals surface area (Å²) in [6.45, 7) is 3.54. The number of nitrogens with one attached hydrogen (secondary N) is 1. The highest BCUT2D eigenvalue weighted by molar-refractivity contribution is 5.44. The SMILES string of the molecule is CCn1nnnc1NCc1ccc(OCc2ccc(F)cc2)c(OC)c1. The molecule has 0 unspecified atom stereocenters. The van der Waals surface area contributed by atoms with Crippen LogP contribution in [0.1, 0.15) is 18.1 Å². The monoisotopic (exact) mass is 357 g/mol. The number of hydrogen-bond donors (Lipinski definition) is 1. The van der Waals surface area contributed by atoms with Gasteiger partial charge in [-0.1, -0.05) is 23.3 Å². The van der Waals surface area contributed by atoms with E-state index in [1.807, 2.05) is 25.1 Å². The first-order chi connectivity index (χ1) is 12.7. The van der Waals surface area contributed by atoms with Gasteiger partial charge in [0.25, 0.3) is 0 Å². The summed E-state index contributed by atoms with van der Waals surface area (Å²) in [5, 5.41) is 14.7. The van der Waals surface area contributed by atoms with Crippen LogP contribution in [0.5, 0.6) is 11.5 Å². The molecule has 0 spiro atoms. The highest BCUT2D eigenvalue weighted by atomic mass is 19.1. The quantitative estimate of drug-likeness (QED) is 0.668. The highest BCUT2D eigenvalue weighted by Gasteiger charge is 2.08. The maximum atomic E-state index is 13.0. The van der Waals surface area contributed by atoms with Gasteiger partial charge >= 0.3 is 0 Å². The summed E-state index contributed by atoms with van der Waals surface area (Å²) in [4.78, 5) is 0. The molecular formula is C18H20FN5O2. The van der Waals surface area contributed by atoms with Crippen LogP contribution in [0.3, 0.4) is 0 Å². The predicted octanol–water partition coefficient (Wildman–Crippen LogP) is 3.03. The zero-order valence-electron chi connectivity index (χ0n) is 14.6. The molecule has 0 amide bonds. The number of aromatic nitrogens is 4. The summed E-state index contributed by atoms with van der Waals surface area (Å²) in [6.07, 6.45) is 0. The Bertz CT molecular complexity index is 851. The fraction of sp³-hybridized carbons (Fsp3) is 0.278. The van der Waals surface area contributed by atoms with Crippen LogP contribution in [0.4, 0.5) is 10.3 Å². The van der Waals surface area contributed by atoms with Crippen LogP contribution >= 0.6 is 0 Å². The van der Waals surface area contributed by atoms with Gasteiger partial charge in [0.1, 0.15) is 12.4 Å². The second kappa shape index (κ2) is 8.28. The summed E-state index contributed by atoms with van der Waals surface area (Å²) in [6, 6.07) is 11.9. The second-order valence-corrected chi connectivity index (χ2v) is 5.57. The molecule has 0 aliphatic heterocycles. The fourth-order valence-electron chi connectivity index (χ4n) is 2.41. The number of methoxy groups -OCH3 is 1. The van der Waals surface area contributed by atoms with Crippen molar-refractivity contribution in [3.63, 3.8) is 0 Å². The summed E-state index contributed by atoms with van der Waals surface area (Å²) >= 11 is 0. The summed E-state index contributed by atoms with van der Waals surface area (Å²) in [7, 11) is 1.59. The molecular weight excluding hydrogens is 337 g/mol. The maximum Gasteiger partial charge on any atom is 0.243 e. The Morgan fingerprint density at radius 1 is 1.08 bits per heavy atom. The van der Waals surface area contributed by atoms with Gasteiger partial charge in [-0.25, -0.2) is 9.07 Å². The molecule has 0 radical (unpaired) electrons. The van der Waals surface area contributed by atoms with Crippen LogP contribution in [0.25, 0.3) is 0 Å². The average molecular weight is 357 g/mol. The minimum absolute atomic E-state index is 0.266. The molecule has 0 saturated carbocycles. The number of halogens is 1. The van der Waals surface area contributed by atoms with E-state index in [1.54, 1.807) is 23.9 Å². The lowest BCUT2D eigenvalue weighted by Crippen LogP contribution is -2.08. The molecule has 0 atom stereocenters. The Labute approximate surface area is 150 Å². The van der Waals surface area contributed by atoms with Crippen molar-refractivity contribution in [2.75, 3.05) is 12.4 Å². The van der Waals surface area contributed by atoms with E-state index in [9.17, 15) is 4.39 Å². The third kappa shape index (κ3) is 4.27. The fourth-order valence-corrected chi connectivity index (χ4v) is 2.41. The lowest BCUT2D eigenvalue weighted by Gasteiger charge is -2.13. The van der Waals surface area contributed by atoms with Gasteiger partial charge in [-0.05, 0) is 52.7 Å². The lowest BCUT2D eigenvalue weighted by molar-refractivity contribution is 0.284. The Morgan fingerprint density at radius 3 is 2.58 bits per heavy atom. The number of tetrazole rings is 1. The molecule has 0 aliphatic carbocycles. The van der Waals surface area contributed by atoms with Crippen LogP contribution in [-0.4, -0.2) is 27.3 Å². The number of hydrogen-bond acceptors (Lipinski definition) is 6. The van der Waals surface area contributed by atoms with Crippen molar-refractivity contribution in [1.29, 1.82) is 0 Å². The van der Waals surface area contributed by atoms with Crippen LogP contribution in [0.2, 0.25) is 0 Å². The third-order valence-electron chi connectivity index (χ3n) is 3.82. The van der Waals surface area contributed by atoms with E-state index in [0.29, 0.717) is 37.1 Å². The second-order valence-electron chi connectivity index (χ2n) is 5.57. The molecule has 0 fully saturated rings. The Hall–Kier alpha value is -3.16. The number of aryl methyl sites for hydroxylation is 1. The van der Waals surface area contributed by atoms with Crippen molar-refractivity contribution >= 4 is 5.95 Å². The first-order valence-electron chi connectivity index (χ1n) is 8.23. The number of benzene rings is 2. The minimum atomic E-state index is -0.266. The number of ether oxygens (including phenoxy) is 2. The van der Waals surface area contributed by atoms with Gasteiger partial charge < -0.3 is 14.8 Å². The van der Waals surface area contributed by atoms with Gasteiger partial charge in [0.2, 0.25) is 5.95 Å². The van der Waals surface area contributed by atoms with Crippen LogP contribution in [-0.2, 0) is 19.7 Å². The molecule has 1 N–H and O–H groups in total. The number of nitrogens with zero attached hydrogens (tertiary/aromatic N) is 4. The molecule has 0 aliphatic rings. The van der Waals surface area contributed by atoms with E-state index >= 15 is 0 Å². The Balaban J connectivity index is 1.64. The van der Waals surface area contributed by atoms with Crippen molar-refractivity contribution in [2.45, 2.75) is 26.6 Å². The molecule has 26 heavy (non-hydrogen) atoms. The molecule has 0 saturated heterocycles. The van der Waals surface area contributed by atoms with Crippen LogP contribution in [0.15, 0.2) is 42.5 Å². The highest BCUT2D eigenvalue weighted by Crippen LogP contribution is 2.29. The third-order valence-corrected chi connectivity index (χ3v) is 3.82. The van der Waals surface area contributed by atoms with Gasteiger partial charge in [-0.3, -0.25) is 0 Å². The summed E-state index contributed by atoms with van der Waals surface area (Å²) in [5.74, 6) is 1.60. The van der Waals surface area contributed by atoms with Crippen molar-refractivity contribution in [1.82, 2.24) is 20.2 Å². The zero-order chi connectivity index (χ0) is 18.4. The molecule has 0 bridgehead atoms. The Morgan fingerprint density at radius 2 is 1.85 bits per heavy atom. The topological polar surface area (TPSA) is 74.1 Å². The van der Waals surface area contributed by atoms with E-state index in [1.165, 1.54) is 12.1 Å². The van der Waals surface area contributed by atoms with Crippen molar-refractivity contribution in [2.24, 2.45) is 0 Å². The van der Waals surface area contributed by atoms with Crippen molar-refractivity contribution < 1.29 is 13.9 Å². The van der Waals surface area contributed by atoms with E-state index in [-0.39, 0.29) is 5.82 Å². The van der Waals surface area contributed by atoms with E-state index in [0.717, 1.165) is 11.1 Å². The van der Waals surface area contributed by atoms with Crippen LogP contribution < -0.4 is 14.8 Å². The normalized spacial score (nSPS) is 10.6.